The first kappa shape index (κ1) is 13.2. The lowest BCUT2D eigenvalue weighted by Crippen LogP contribution is -2.11. The Hall–Kier alpha value is -1.84. The molecular weight excluding hydrogens is 272 g/mol. The van der Waals surface area contributed by atoms with E-state index in [1.54, 1.807) is 0 Å². The maximum absolute atomic E-state index is 5.89. The van der Waals surface area contributed by atoms with E-state index in [-0.39, 0.29) is 0 Å². The first-order chi connectivity index (χ1) is 9.76. The van der Waals surface area contributed by atoms with Crippen LogP contribution in [-0.4, -0.2) is 11.5 Å². The van der Waals surface area contributed by atoms with Crippen molar-refractivity contribution in [3.05, 3.63) is 53.1 Å². The second-order valence-corrected chi connectivity index (χ2v) is 5.04. The third-order valence-corrected chi connectivity index (χ3v) is 3.37. The molecule has 0 fully saturated rings. The lowest BCUT2D eigenvalue weighted by atomic mass is 10.2. The Morgan fingerprint density at radius 1 is 1.15 bits per heavy atom. The number of benzene rings is 2. The minimum absolute atomic E-state index is 0.622. The van der Waals surface area contributed by atoms with Gasteiger partial charge in [0.1, 0.15) is 5.52 Å². The topological polar surface area (TPSA) is 38.1 Å². The van der Waals surface area contributed by atoms with Crippen LogP contribution in [0.4, 0.5) is 0 Å². The van der Waals surface area contributed by atoms with E-state index in [2.05, 4.69) is 29.4 Å². The average Bonchev–Trinajstić information content (AvgIpc) is 2.89. The van der Waals surface area contributed by atoms with Gasteiger partial charge in [0, 0.05) is 17.1 Å². The Morgan fingerprint density at radius 2 is 1.95 bits per heavy atom. The van der Waals surface area contributed by atoms with Gasteiger partial charge in [-0.1, -0.05) is 24.6 Å². The molecule has 102 valence electrons. The number of nitrogens with one attached hydrogen (secondary N) is 1. The van der Waals surface area contributed by atoms with Crippen molar-refractivity contribution in [1.29, 1.82) is 0 Å². The summed E-state index contributed by atoms with van der Waals surface area (Å²) >= 11 is 5.89. The van der Waals surface area contributed by atoms with Gasteiger partial charge in [0.2, 0.25) is 5.89 Å². The molecule has 3 aromatic rings. The van der Waals surface area contributed by atoms with E-state index in [1.165, 1.54) is 5.56 Å². The highest BCUT2D eigenvalue weighted by Crippen LogP contribution is 2.25. The van der Waals surface area contributed by atoms with Crippen LogP contribution in [0.5, 0.6) is 0 Å². The van der Waals surface area contributed by atoms with Crippen LogP contribution in [-0.2, 0) is 6.54 Å². The molecule has 0 unspecified atom stereocenters. The van der Waals surface area contributed by atoms with E-state index in [1.807, 2.05) is 30.3 Å². The summed E-state index contributed by atoms with van der Waals surface area (Å²) in [7, 11) is 0. The molecule has 2 aromatic carbocycles. The standard InChI is InChI=1S/C16H15ClN2O/c1-2-18-10-11-3-8-15-14(9-11)19-16(20-15)12-4-6-13(17)7-5-12/h3-9,18H,2,10H2,1H3. The van der Waals surface area contributed by atoms with E-state index >= 15 is 0 Å². The molecule has 0 amide bonds. The largest absolute Gasteiger partial charge is 0.436 e. The minimum Gasteiger partial charge on any atom is -0.436 e. The molecule has 20 heavy (non-hydrogen) atoms. The van der Waals surface area contributed by atoms with Gasteiger partial charge in [0.15, 0.2) is 5.58 Å². The molecule has 1 aromatic heterocycles. The number of hydrogen-bond donors (Lipinski definition) is 1. The van der Waals surface area contributed by atoms with Gasteiger partial charge in [0.25, 0.3) is 0 Å². The number of hydrogen-bond acceptors (Lipinski definition) is 3. The molecule has 0 radical (unpaired) electrons. The highest BCUT2D eigenvalue weighted by molar-refractivity contribution is 6.30. The zero-order valence-electron chi connectivity index (χ0n) is 11.2. The summed E-state index contributed by atoms with van der Waals surface area (Å²) in [5.74, 6) is 0.622. The number of nitrogens with zero attached hydrogens (tertiary/aromatic N) is 1. The molecule has 3 nitrogen and oxygen atoms in total. The molecule has 0 aliphatic carbocycles. The van der Waals surface area contributed by atoms with Crippen LogP contribution in [0.15, 0.2) is 46.9 Å². The molecule has 0 atom stereocenters. The van der Waals surface area contributed by atoms with Crippen molar-refractivity contribution < 1.29 is 4.42 Å². The summed E-state index contributed by atoms with van der Waals surface area (Å²) in [6.45, 7) is 3.88. The van der Waals surface area contributed by atoms with Crippen molar-refractivity contribution in [2.75, 3.05) is 6.54 Å². The number of halogens is 1. The average molecular weight is 287 g/mol. The summed E-state index contributed by atoms with van der Waals surface area (Å²) < 4.78 is 5.78. The second-order valence-electron chi connectivity index (χ2n) is 4.61. The van der Waals surface area contributed by atoms with Crippen LogP contribution in [0.2, 0.25) is 5.02 Å². The van der Waals surface area contributed by atoms with Gasteiger partial charge < -0.3 is 9.73 Å². The summed E-state index contributed by atoms with van der Waals surface area (Å²) in [5, 5.41) is 4.01. The quantitative estimate of drug-likeness (QED) is 0.779. The van der Waals surface area contributed by atoms with Crippen molar-refractivity contribution in [3.8, 4) is 11.5 Å². The predicted octanol–water partition coefficient (Wildman–Crippen LogP) is 4.26. The zero-order valence-corrected chi connectivity index (χ0v) is 11.9. The number of fused-ring (bicyclic) bond motifs is 1. The van der Waals surface area contributed by atoms with Crippen LogP contribution in [0.3, 0.4) is 0 Å². The summed E-state index contributed by atoms with van der Waals surface area (Å²) in [4.78, 5) is 4.54. The third-order valence-electron chi connectivity index (χ3n) is 3.12. The van der Waals surface area contributed by atoms with Gasteiger partial charge in [-0.05, 0) is 48.5 Å². The predicted molar refractivity (Wildman–Crippen MR) is 81.8 cm³/mol. The Morgan fingerprint density at radius 3 is 2.70 bits per heavy atom. The van der Waals surface area contributed by atoms with Crippen molar-refractivity contribution in [2.45, 2.75) is 13.5 Å². The van der Waals surface area contributed by atoms with E-state index in [4.69, 9.17) is 16.0 Å². The fraction of sp³-hybridized carbons (Fsp3) is 0.188. The SMILES string of the molecule is CCNCc1ccc2oc(-c3ccc(Cl)cc3)nc2c1. The fourth-order valence-corrected chi connectivity index (χ4v) is 2.19. The Labute approximate surface area is 122 Å². The van der Waals surface area contributed by atoms with Gasteiger partial charge in [-0.2, -0.15) is 0 Å². The van der Waals surface area contributed by atoms with Crippen molar-refractivity contribution >= 4 is 22.7 Å². The second kappa shape index (κ2) is 5.65. The highest BCUT2D eigenvalue weighted by Gasteiger charge is 2.08. The van der Waals surface area contributed by atoms with E-state index < -0.39 is 0 Å². The molecule has 1 N–H and O–H groups in total. The summed E-state index contributed by atoms with van der Waals surface area (Å²) in [6, 6.07) is 13.6. The maximum atomic E-state index is 5.89. The number of rotatable bonds is 4. The smallest absolute Gasteiger partial charge is 0.227 e. The van der Waals surface area contributed by atoms with Crippen molar-refractivity contribution in [1.82, 2.24) is 10.3 Å². The first-order valence-corrected chi connectivity index (χ1v) is 7.00. The summed E-state index contributed by atoms with van der Waals surface area (Å²) in [6.07, 6.45) is 0. The molecule has 0 spiro atoms. The lowest BCUT2D eigenvalue weighted by Gasteiger charge is -2.00. The first-order valence-electron chi connectivity index (χ1n) is 6.62. The van der Waals surface area contributed by atoms with Gasteiger partial charge in [-0.15, -0.1) is 0 Å². The number of oxazole rings is 1. The maximum Gasteiger partial charge on any atom is 0.227 e. The fourth-order valence-electron chi connectivity index (χ4n) is 2.07. The Kier molecular flexibility index (Phi) is 3.72. The zero-order chi connectivity index (χ0) is 13.9. The van der Waals surface area contributed by atoms with Gasteiger partial charge in [-0.25, -0.2) is 4.98 Å². The minimum atomic E-state index is 0.622. The number of aromatic nitrogens is 1. The van der Waals surface area contributed by atoms with E-state index in [0.717, 1.165) is 29.8 Å². The molecule has 0 aliphatic heterocycles. The van der Waals surface area contributed by atoms with E-state index in [9.17, 15) is 0 Å². The van der Waals surface area contributed by atoms with Gasteiger partial charge >= 0.3 is 0 Å². The molecule has 0 aliphatic rings. The lowest BCUT2D eigenvalue weighted by molar-refractivity contribution is 0.619. The monoisotopic (exact) mass is 286 g/mol. The Bertz CT molecular complexity index is 719. The molecular formula is C16H15ClN2O. The van der Waals surface area contributed by atoms with Crippen LogP contribution in [0.25, 0.3) is 22.6 Å². The third kappa shape index (κ3) is 2.69. The van der Waals surface area contributed by atoms with Gasteiger partial charge in [-0.3, -0.25) is 0 Å². The van der Waals surface area contributed by atoms with Crippen LogP contribution in [0.1, 0.15) is 12.5 Å². The summed E-state index contributed by atoms with van der Waals surface area (Å²) in [5.41, 5.74) is 3.81. The molecule has 3 rings (SSSR count). The van der Waals surface area contributed by atoms with Crippen molar-refractivity contribution in [2.24, 2.45) is 0 Å². The normalized spacial score (nSPS) is 11.1. The van der Waals surface area contributed by atoms with Crippen LogP contribution >= 0.6 is 11.6 Å². The van der Waals surface area contributed by atoms with Crippen LogP contribution in [0, 0.1) is 0 Å². The van der Waals surface area contributed by atoms with Gasteiger partial charge in [0.05, 0.1) is 0 Å². The Balaban J connectivity index is 1.95. The van der Waals surface area contributed by atoms with Crippen molar-refractivity contribution in [3.63, 3.8) is 0 Å². The highest BCUT2D eigenvalue weighted by atomic mass is 35.5. The van der Waals surface area contributed by atoms with E-state index in [0.29, 0.717) is 10.9 Å². The molecule has 0 bridgehead atoms. The molecule has 1 heterocycles. The molecule has 0 saturated carbocycles. The molecule has 0 saturated heterocycles. The molecule has 4 heteroatoms. The van der Waals surface area contributed by atoms with Crippen LogP contribution < -0.4 is 5.32 Å².